The predicted molar refractivity (Wildman–Crippen MR) is 75.3 cm³/mol. The minimum absolute atomic E-state index is 0.0753. The summed E-state index contributed by atoms with van der Waals surface area (Å²) in [5.74, 6) is 0.530. The van der Waals surface area contributed by atoms with Crippen molar-refractivity contribution < 1.29 is 4.39 Å². The van der Waals surface area contributed by atoms with Gasteiger partial charge in [0.1, 0.15) is 5.82 Å². The zero-order valence-electron chi connectivity index (χ0n) is 10.5. The molecule has 1 atom stereocenters. The molecule has 17 heavy (non-hydrogen) atoms. The molecule has 0 saturated heterocycles. The first-order chi connectivity index (χ1) is 7.79. The smallest absolute Gasteiger partial charge is 0.127 e. The molecule has 0 aliphatic rings. The van der Waals surface area contributed by atoms with Gasteiger partial charge >= 0.3 is 0 Å². The molecule has 0 aliphatic heterocycles. The normalized spacial score (nSPS) is 13.8. The van der Waals surface area contributed by atoms with Crippen LogP contribution in [0.25, 0.3) is 0 Å². The zero-order chi connectivity index (χ0) is 13.1. The van der Waals surface area contributed by atoms with E-state index in [1.807, 2.05) is 0 Å². The summed E-state index contributed by atoms with van der Waals surface area (Å²) in [6.07, 6.45) is 0.481. The lowest BCUT2D eigenvalue weighted by Crippen LogP contribution is -2.28. The van der Waals surface area contributed by atoms with Gasteiger partial charge in [0.2, 0.25) is 0 Å². The third kappa shape index (κ3) is 5.28. The minimum Gasteiger partial charge on any atom is -0.327 e. The van der Waals surface area contributed by atoms with E-state index in [-0.39, 0.29) is 16.6 Å². The first-order valence-corrected chi connectivity index (χ1v) is 6.98. The molecule has 0 saturated carbocycles. The van der Waals surface area contributed by atoms with Crippen molar-refractivity contribution >= 4 is 23.4 Å². The van der Waals surface area contributed by atoms with Crippen LogP contribution in [0.15, 0.2) is 18.2 Å². The fourth-order valence-corrected chi connectivity index (χ4v) is 2.48. The van der Waals surface area contributed by atoms with Crippen molar-refractivity contribution in [1.82, 2.24) is 0 Å². The van der Waals surface area contributed by atoms with Gasteiger partial charge < -0.3 is 5.73 Å². The van der Waals surface area contributed by atoms with E-state index in [1.54, 1.807) is 23.9 Å². The molecule has 1 unspecified atom stereocenters. The van der Waals surface area contributed by atoms with Crippen LogP contribution in [0.5, 0.6) is 0 Å². The first-order valence-electron chi connectivity index (χ1n) is 5.62. The van der Waals surface area contributed by atoms with E-state index in [0.29, 0.717) is 17.0 Å². The Morgan fingerprint density at radius 2 is 2.06 bits per heavy atom. The van der Waals surface area contributed by atoms with Crippen LogP contribution < -0.4 is 5.73 Å². The average molecular weight is 276 g/mol. The Bertz CT molecular complexity index is 356. The Balaban J connectivity index is 2.59. The molecule has 0 fully saturated rings. The summed E-state index contributed by atoms with van der Waals surface area (Å²) in [5.41, 5.74) is 6.53. The molecule has 0 aliphatic carbocycles. The summed E-state index contributed by atoms with van der Waals surface area (Å²) in [5, 5.41) is 0.459. The molecule has 1 aromatic carbocycles. The Labute approximate surface area is 112 Å². The average Bonchev–Trinajstić information content (AvgIpc) is 2.20. The molecule has 96 valence electrons. The highest BCUT2D eigenvalue weighted by molar-refractivity contribution is 8.00. The van der Waals surface area contributed by atoms with Crippen molar-refractivity contribution in [3.63, 3.8) is 0 Å². The Morgan fingerprint density at radius 1 is 1.41 bits per heavy atom. The van der Waals surface area contributed by atoms with Gasteiger partial charge in [0.15, 0.2) is 0 Å². The maximum Gasteiger partial charge on any atom is 0.127 e. The van der Waals surface area contributed by atoms with Crippen molar-refractivity contribution in [3.8, 4) is 0 Å². The molecule has 2 N–H and O–H groups in total. The highest BCUT2D eigenvalue weighted by atomic mass is 35.5. The topological polar surface area (TPSA) is 26.0 Å². The van der Waals surface area contributed by atoms with Crippen molar-refractivity contribution in [1.29, 1.82) is 0 Å². The van der Waals surface area contributed by atoms with Crippen LogP contribution in [-0.4, -0.2) is 16.5 Å². The van der Waals surface area contributed by atoms with Crippen LogP contribution in [0.2, 0.25) is 5.02 Å². The molecule has 0 radical (unpaired) electrons. The molecule has 0 bridgehead atoms. The Morgan fingerprint density at radius 3 is 2.59 bits per heavy atom. The summed E-state index contributed by atoms with van der Waals surface area (Å²) in [4.78, 5) is 0. The zero-order valence-corrected chi connectivity index (χ0v) is 12.0. The molecule has 4 heteroatoms. The second-order valence-electron chi connectivity index (χ2n) is 5.09. The molecule has 0 spiro atoms. The van der Waals surface area contributed by atoms with Gasteiger partial charge in [-0.15, -0.1) is 0 Å². The van der Waals surface area contributed by atoms with Crippen LogP contribution in [0, 0.1) is 5.82 Å². The van der Waals surface area contributed by atoms with Crippen LogP contribution in [0.4, 0.5) is 4.39 Å². The SMILES string of the molecule is CC(C)(C)SCC(N)Cc1c(F)cccc1Cl. The van der Waals surface area contributed by atoms with Gasteiger partial charge in [-0.3, -0.25) is 0 Å². The van der Waals surface area contributed by atoms with E-state index in [4.69, 9.17) is 17.3 Å². The summed E-state index contributed by atoms with van der Waals surface area (Å²) >= 11 is 7.74. The highest BCUT2D eigenvalue weighted by Crippen LogP contribution is 2.25. The van der Waals surface area contributed by atoms with Crippen LogP contribution in [0.1, 0.15) is 26.3 Å². The number of halogens is 2. The molecular formula is C13H19ClFNS. The maximum atomic E-state index is 13.5. The van der Waals surface area contributed by atoms with Crippen molar-refractivity contribution in [2.45, 2.75) is 38.0 Å². The predicted octanol–water partition coefficient (Wildman–Crippen LogP) is 3.88. The summed E-state index contributed by atoms with van der Waals surface area (Å²) < 4.78 is 13.7. The van der Waals surface area contributed by atoms with Gasteiger partial charge in [-0.2, -0.15) is 11.8 Å². The van der Waals surface area contributed by atoms with Crippen molar-refractivity contribution in [2.24, 2.45) is 5.73 Å². The van der Waals surface area contributed by atoms with E-state index >= 15 is 0 Å². The van der Waals surface area contributed by atoms with E-state index in [9.17, 15) is 4.39 Å². The number of benzene rings is 1. The van der Waals surface area contributed by atoms with E-state index < -0.39 is 0 Å². The molecule has 0 aromatic heterocycles. The van der Waals surface area contributed by atoms with Crippen LogP contribution in [0.3, 0.4) is 0 Å². The quantitative estimate of drug-likeness (QED) is 0.902. The summed E-state index contributed by atoms with van der Waals surface area (Å²) in [7, 11) is 0. The fourth-order valence-electron chi connectivity index (χ4n) is 1.41. The van der Waals surface area contributed by atoms with Gasteiger partial charge in [0.25, 0.3) is 0 Å². The van der Waals surface area contributed by atoms with Crippen molar-refractivity contribution in [3.05, 3.63) is 34.6 Å². The lowest BCUT2D eigenvalue weighted by Gasteiger charge is -2.21. The van der Waals surface area contributed by atoms with Crippen LogP contribution in [-0.2, 0) is 6.42 Å². The third-order valence-electron chi connectivity index (χ3n) is 2.26. The first kappa shape index (κ1) is 14.8. The third-order valence-corrected chi connectivity index (χ3v) is 4.07. The van der Waals surface area contributed by atoms with Crippen molar-refractivity contribution in [2.75, 3.05) is 5.75 Å². The minimum atomic E-state index is -0.270. The van der Waals surface area contributed by atoms with E-state index in [0.717, 1.165) is 5.75 Å². The Kier molecular flexibility index (Phi) is 5.29. The standard InChI is InChI=1S/C13H19ClFNS/c1-13(2,3)17-8-9(16)7-10-11(14)5-4-6-12(10)15/h4-6,9H,7-8,16H2,1-3H3. The van der Waals surface area contributed by atoms with E-state index in [2.05, 4.69) is 20.8 Å². The van der Waals surface area contributed by atoms with E-state index in [1.165, 1.54) is 6.07 Å². The van der Waals surface area contributed by atoms with Gasteiger partial charge in [-0.05, 0) is 18.6 Å². The van der Waals surface area contributed by atoms with Gasteiger partial charge in [-0.25, -0.2) is 4.39 Å². The lowest BCUT2D eigenvalue weighted by molar-refractivity contribution is 0.597. The monoisotopic (exact) mass is 275 g/mol. The number of hydrogen-bond donors (Lipinski definition) is 1. The maximum absolute atomic E-state index is 13.5. The molecular weight excluding hydrogens is 257 g/mol. The second-order valence-corrected chi connectivity index (χ2v) is 7.34. The summed E-state index contributed by atoms with van der Waals surface area (Å²) in [6, 6.07) is 4.65. The van der Waals surface area contributed by atoms with Crippen LogP contribution >= 0.6 is 23.4 Å². The number of rotatable bonds is 4. The summed E-state index contributed by atoms with van der Waals surface area (Å²) in [6.45, 7) is 6.42. The molecule has 1 aromatic rings. The largest absolute Gasteiger partial charge is 0.327 e. The number of thioether (sulfide) groups is 1. The Hall–Kier alpha value is -0.250. The van der Waals surface area contributed by atoms with Gasteiger partial charge in [0, 0.05) is 27.1 Å². The van der Waals surface area contributed by atoms with Gasteiger partial charge in [0.05, 0.1) is 0 Å². The molecule has 0 heterocycles. The second kappa shape index (κ2) is 6.07. The number of hydrogen-bond acceptors (Lipinski definition) is 2. The fraction of sp³-hybridized carbons (Fsp3) is 0.538. The lowest BCUT2D eigenvalue weighted by atomic mass is 10.1. The van der Waals surface area contributed by atoms with Gasteiger partial charge in [-0.1, -0.05) is 38.4 Å². The molecule has 1 nitrogen and oxygen atoms in total. The highest BCUT2D eigenvalue weighted by Gasteiger charge is 2.16. The molecule has 0 amide bonds. The molecule has 1 rings (SSSR count). The number of nitrogens with two attached hydrogens (primary N) is 1.